The van der Waals surface area contributed by atoms with Gasteiger partial charge in [0, 0.05) is 44.5 Å². The molecular formula is C19H24N4O2. The predicted octanol–water partition coefficient (Wildman–Crippen LogP) is 0.912. The summed E-state index contributed by atoms with van der Waals surface area (Å²) in [5.41, 5.74) is 7.84. The first kappa shape index (κ1) is 17.4. The molecule has 2 heterocycles. The lowest BCUT2D eigenvalue weighted by atomic mass is 10.1. The smallest absolute Gasteiger partial charge is 0.227 e. The fourth-order valence-electron chi connectivity index (χ4n) is 3.13. The zero-order valence-electron chi connectivity index (χ0n) is 14.2. The summed E-state index contributed by atoms with van der Waals surface area (Å²) in [4.78, 5) is 20.5. The first-order valence-corrected chi connectivity index (χ1v) is 8.53. The number of nitrogens with two attached hydrogens (primary N) is 1. The second-order valence-electron chi connectivity index (χ2n) is 6.44. The van der Waals surface area contributed by atoms with Crippen molar-refractivity contribution in [3.8, 4) is 0 Å². The lowest BCUT2D eigenvalue weighted by molar-refractivity contribution is -0.131. The van der Waals surface area contributed by atoms with E-state index in [-0.39, 0.29) is 5.91 Å². The molecule has 132 valence electrons. The van der Waals surface area contributed by atoms with Crippen molar-refractivity contribution in [2.75, 3.05) is 31.9 Å². The minimum Gasteiger partial charge on any atom is -0.390 e. The van der Waals surface area contributed by atoms with Gasteiger partial charge in [-0.25, -0.2) is 4.98 Å². The molecule has 1 aliphatic rings. The summed E-state index contributed by atoms with van der Waals surface area (Å²) in [6.45, 7) is 2.81. The Hall–Kier alpha value is -2.44. The molecule has 3 rings (SSSR count). The number of nitrogens with zero attached hydrogens (tertiary/aromatic N) is 3. The summed E-state index contributed by atoms with van der Waals surface area (Å²) < 4.78 is 0. The summed E-state index contributed by atoms with van der Waals surface area (Å²) in [6, 6.07) is 13.5. The molecule has 1 aromatic carbocycles. The molecule has 1 atom stereocenters. The molecule has 6 heteroatoms. The predicted molar refractivity (Wildman–Crippen MR) is 96.7 cm³/mol. The second-order valence-corrected chi connectivity index (χ2v) is 6.44. The van der Waals surface area contributed by atoms with Crippen LogP contribution < -0.4 is 5.73 Å². The maximum absolute atomic E-state index is 12.6. The number of anilines is 1. The zero-order valence-corrected chi connectivity index (χ0v) is 14.2. The number of amides is 1. The SMILES string of the molecule is Nc1ncccc1CN1CCN(C(=O)Cc2ccccc2)C[C@@H](O)C1. The normalized spacial score (nSPS) is 18.8. The van der Waals surface area contributed by atoms with Gasteiger partial charge in [-0.2, -0.15) is 0 Å². The molecule has 0 bridgehead atoms. The molecule has 1 aromatic heterocycles. The number of hydrogen-bond donors (Lipinski definition) is 2. The van der Waals surface area contributed by atoms with Crippen LogP contribution in [-0.4, -0.2) is 58.1 Å². The number of aromatic nitrogens is 1. The highest BCUT2D eigenvalue weighted by Crippen LogP contribution is 2.14. The highest BCUT2D eigenvalue weighted by Gasteiger charge is 2.24. The fourth-order valence-corrected chi connectivity index (χ4v) is 3.13. The summed E-state index contributed by atoms with van der Waals surface area (Å²) in [5, 5.41) is 10.3. The Balaban J connectivity index is 1.61. The van der Waals surface area contributed by atoms with Gasteiger partial charge in [0.2, 0.25) is 5.91 Å². The van der Waals surface area contributed by atoms with E-state index in [0.29, 0.717) is 45.0 Å². The molecule has 2 aromatic rings. The van der Waals surface area contributed by atoms with E-state index in [1.165, 1.54) is 0 Å². The van der Waals surface area contributed by atoms with E-state index in [2.05, 4.69) is 9.88 Å². The van der Waals surface area contributed by atoms with Crippen molar-refractivity contribution >= 4 is 11.7 Å². The number of aliphatic hydroxyl groups excluding tert-OH is 1. The van der Waals surface area contributed by atoms with Crippen LogP contribution in [0.3, 0.4) is 0 Å². The summed E-state index contributed by atoms with van der Waals surface area (Å²) in [6.07, 6.45) is 1.46. The van der Waals surface area contributed by atoms with Crippen LogP contribution >= 0.6 is 0 Å². The monoisotopic (exact) mass is 340 g/mol. The van der Waals surface area contributed by atoms with E-state index in [1.807, 2.05) is 42.5 Å². The van der Waals surface area contributed by atoms with Crippen molar-refractivity contribution in [2.45, 2.75) is 19.1 Å². The van der Waals surface area contributed by atoms with Gasteiger partial charge in [0.1, 0.15) is 5.82 Å². The van der Waals surface area contributed by atoms with E-state index in [1.54, 1.807) is 11.1 Å². The Morgan fingerprint density at radius 1 is 1.16 bits per heavy atom. The van der Waals surface area contributed by atoms with Crippen molar-refractivity contribution in [2.24, 2.45) is 0 Å². The van der Waals surface area contributed by atoms with Crippen LogP contribution in [0.2, 0.25) is 0 Å². The topological polar surface area (TPSA) is 82.7 Å². The number of β-amino-alcohol motifs (C(OH)–C–C–N with tert-alkyl or cyclic N) is 1. The molecule has 0 spiro atoms. The molecule has 6 nitrogen and oxygen atoms in total. The van der Waals surface area contributed by atoms with Crippen molar-refractivity contribution in [3.05, 3.63) is 59.8 Å². The van der Waals surface area contributed by atoms with Gasteiger partial charge in [0.25, 0.3) is 0 Å². The van der Waals surface area contributed by atoms with E-state index in [4.69, 9.17) is 5.73 Å². The summed E-state index contributed by atoms with van der Waals surface area (Å²) in [7, 11) is 0. The number of pyridine rings is 1. The Kier molecular flexibility index (Phi) is 5.63. The first-order valence-electron chi connectivity index (χ1n) is 8.53. The van der Waals surface area contributed by atoms with E-state index >= 15 is 0 Å². The van der Waals surface area contributed by atoms with Crippen molar-refractivity contribution < 1.29 is 9.90 Å². The van der Waals surface area contributed by atoms with Gasteiger partial charge >= 0.3 is 0 Å². The van der Waals surface area contributed by atoms with Gasteiger partial charge in [-0.1, -0.05) is 36.4 Å². The third-order valence-electron chi connectivity index (χ3n) is 4.46. The maximum atomic E-state index is 12.6. The fraction of sp³-hybridized carbons (Fsp3) is 0.368. The lowest BCUT2D eigenvalue weighted by Gasteiger charge is -2.22. The zero-order chi connectivity index (χ0) is 17.6. The molecule has 1 aliphatic heterocycles. The second kappa shape index (κ2) is 8.09. The molecule has 25 heavy (non-hydrogen) atoms. The van der Waals surface area contributed by atoms with Gasteiger partial charge < -0.3 is 15.7 Å². The van der Waals surface area contributed by atoms with Gasteiger partial charge in [-0.3, -0.25) is 9.69 Å². The Morgan fingerprint density at radius 2 is 1.96 bits per heavy atom. The average Bonchev–Trinajstić information content (AvgIpc) is 2.79. The molecule has 1 saturated heterocycles. The van der Waals surface area contributed by atoms with Gasteiger partial charge in [0.05, 0.1) is 12.5 Å². The highest BCUT2D eigenvalue weighted by atomic mass is 16.3. The number of carbonyl (C=O) groups excluding carboxylic acids is 1. The number of carbonyl (C=O) groups is 1. The van der Waals surface area contributed by atoms with Gasteiger partial charge in [-0.15, -0.1) is 0 Å². The molecule has 0 saturated carbocycles. The van der Waals surface area contributed by atoms with Gasteiger partial charge in [-0.05, 0) is 11.6 Å². The third-order valence-corrected chi connectivity index (χ3v) is 4.46. The van der Waals surface area contributed by atoms with Crippen molar-refractivity contribution in [3.63, 3.8) is 0 Å². The summed E-state index contributed by atoms with van der Waals surface area (Å²) in [5.74, 6) is 0.561. The molecule has 1 fully saturated rings. The minimum absolute atomic E-state index is 0.0491. The largest absolute Gasteiger partial charge is 0.390 e. The van der Waals surface area contributed by atoms with Gasteiger partial charge in [0.15, 0.2) is 0 Å². The Bertz CT molecular complexity index is 708. The number of aliphatic hydroxyl groups is 1. The van der Waals surface area contributed by atoms with Crippen LogP contribution in [0.25, 0.3) is 0 Å². The minimum atomic E-state index is -0.569. The van der Waals surface area contributed by atoms with E-state index < -0.39 is 6.10 Å². The molecular weight excluding hydrogens is 316 g/mol. The van der Waals surface area contributed by atoms with Crippen LogP contribution in [0.4, 0.5) is 5.82 Å². The Labute approximate surface area is 147 Å². The number of rotatable bonds is 4. The van der Waals surface area contributed by atoms with Crippen molar-refractivity contribution in [1.82, 2.24) is 14.8 Å². The van der Waals surface area contributed by atoms with Crippen LogP contribution in [0.1, 0.15) is 11.1 Å². The van der Waals surface area contributed by atoms with E-state index in [0.717, 1.165) is 11.1 Å². The molecule has 0 aliphatic carbocycles. The first-order chi connectivity index (χ1) is 12.1. The standard InChI is InChI=1S/C19H24N4O2/c20-19-16(7-4-8-21-19)12-22-9-10-23(14-17(24)13-22)18(25)11-15-5-2-1-3-6-15/h1-8,17,24H,9-14H2,(H2,20,21)/t17-/m0/s1. The van der Waals surface area contributed by atoms with Crippen LogP contribution in [0.15, 0.2) is 48.7 Å². The Morgan fingerprint density at radius 3 is 2.72 bits per heavy atom. The van der Waals surface area contributed by atoms with Crippen LogP contribution in [0, 0.1) is 0 Å². The highest BCUT2D eigenvalue weighted by molar-refractivity contribution is 5.78. The number of nitrogen functional groups attached to an aromatic ring is 1. The molecule has 1 amide bonds. The lowest BCUT2D eigenvalue weighted by Crippen LogP contribution is -2.38. The van der Waals surface area contributed by atoms with E-state index in [9.17, 15) is 9.90 Å². The number of benzene rings is 1. The average molecular weight is 340 g/mol. The quantitative estimate of drug-likeness (QED) is 0.864. The third kappa shape index (κ3) is 4.78. The maximum Gasteiger partial charge on any atom is 0.227 e. The molecule has 3 N–H and O–H groups in total. The van der Waals surface area contributed by atoms with Crippen LogP contribution in [-0.2, 0) is 17.8 Å². The van der Waals surface area contributed by atoms with Crippen molar-refractivity contribution in [1.29, 1.82) is 0 Å². The summed E-state index contributed by atoms with van der Waals surface area (Å²) >= 11 is 0. The molecule has 0 radical (unpaired) electrons. The van der Waals surface area contributed by atoms with Crippen LogP contribution in [0.5, 0.6) is 0 Å². The number of hydrogen-bond acceptors (Lipinski definition) is 5. The molecule has 0 unspecified atom stereocenters.